The highest BCUT2D eigenvalue weighted by atomic mass is 16.5. The molecule has 0 unspecified atom stereocenters. The van der Waals surface area contributed by atoms with Crippen molar-refractivity contribution in [2.24, 2.45) is 0 Å². The highest BCUT2D eigenvalue weighted by molar-refractivity contribution is 5.94. The molecular weight excluding hydrogens is 330 g/mol. The van der Waals surface area contributed by atoms with Crippen LogP contribution in [-0.4, -0.2) is 20.7 Å². The standard InChI is InChI=1S/C19H19N5O2/c1-12(25)14-7-6-10-16(11-14)26-13(2)17-22-18(20)24-19(23-17)21-15-8-4-3-5-9-15/h3-11,13H,1-2H3,(H3,20,21,22,23,24)/t13-/m1/s1. The van der Waals surface area contributed by atoms with Crippen LogP contribution in [0.2, 0.25) is 0 Å². The Kier molecular flexibility index (Phi) is 5.07. The van der Waals surface area contributed by atoms with Crippen molar-refractivity contribution >= 4 is 23.4 Å². The molecule has 0 saturated carbocycles. The maximum absolute atomic E-state index is 11.5. The minimum atomic E-state index is -0.473. The van der Waals surface area contributed by atoms with Gasteiger partial charge in [-0.1, -0.05) is 30.3 Å². The molecule has 132 valence electrons. The van der Waals surface area contributed by atoms with Crippen LogP contribution >= 0.6 is 0 Å². The SMILES string of the molecule is CC(=O)c1cccc(O[C@H](C)c2nc(N)nc(Nc3ccccc3)n2)c1. The number of hydrogen-bond acceptors (Lipinski definition) is 7. The normalized spacial score (nSPS) is 11.6. The summed E-state index contributed by atoms with van der Waals surface area (Å²) in [6.45, 7) is 3.32. The van der Waals surface area contributed by atoms with Crippen LogP contribution in [0, 0.1) is 0 Å². The van der Waals surface area contributed by atoms with Crippen LogP contribution in [-0.2, 0) is 0 Å². The molecule has 1 heterocycles. The fraction of sp³-hybridized carbons (Fsp3) is 0.158. The molecule has 3 rings (SSSR count). The Morgan fingerprint density at radius 1 is 1.08 bits per heavy atom. The van der Waals surface area contributed by atoms with Gasteiger partial charge in [0, 0.05) is 11.3 Å². The summed E-state index contributed by atoms with van der Waals surface area (Å²) >= 11 is 0. The summed E-state index contributed by atoms with van der Waals surface area (Å²) in [6.07, 6.45) is -0.473. The lowest BCUT2D eigenvalue weighted by Crippen LogP contribution is -2.13. The van der Waals surface area contributed by atoms with E-state index >= 15 is 0 Å². The van der Waals surface area contributed by atoms with Crippen molar-refractivity contribution in [3.63, 3.8) is 0 Å². The molecule has 0 radical (unpaired) electrons. The molecule has 1 atom stereocenters. The molecule has 26 heavy (non-hydrogen) atoms. The predicted molar refractivity (Wildman–Crippen MR) is 99.5 cm³/mol. The molecule has 3 N–H and O–H groups in total. The number of nitrogens with zero attached hydrogens (tertiary/aromatic N) is 3. The van der Waals surface area contributed by atoms with Gasteiger partial charge in [0.2, 0.25) is 11.9 Å². The van der Waals surface area contributed by atoms with E-state index in [9.17, 15) is 4.79 Å². The highest BCUT2D eigenvalue weighted by Crippen LogP contribution is 2.22. The van der Waals surface area contributed by atoms with Crippen LogP contribution in [0.5, 0.6) is 5.75 Å². The van der Waals surface area contributed by atoms with Crippen molar-refractivity contribution in [1.29, 1.82) is 0 Å². The lowest BCUT2D eigenvalue weighted by Gasteiger charge is -2.15. The number of nitrogen functional groups attached to an aromatic ring is 1. The molecular formula is C19H19N5O2. The maximum atomic E-state index is 11.5. The van der Waals surface area contributed by atoms with Crippen LogP contribution in [0.15, 0.2) is 54.6 Å². The molecule has 0 aliphatic heterocycles. The number of nitrogens with two attached hydrogens (primary N) is 1. The first kappa shape index (κ1) is 17.3. The molecule has 0 aliphatic rings. The Bertz CT molecular complexity index is 915. The average molecular weight is 349 g/mol. The van der Waals surface area contributed by atoms with Gasteiger partial charge in [-0.05, 0) is 38.1 Å². The molecule has 0 fully saturated rings. The van der Waals surface area contributed by atoms with E-state index in [1.165, 1.54) is 6.92 Å². The first-order valence-corrected chi connectivity index (χ1v) is 8.12. The molecule has 0 amide bonds. The van der Waals surface area contributed by atoms with Crippen LogP contribution in [0.25, 0.3) is 0 Å². The van der Waals surface area contributed by atoms with E-state index in [0.29, 0.717) is 23.1 Å². The molecule has 7 nitrogen and oxygen atoms in total. The van der Waals surface area contributed by atoms with E-state index in [4.69, 9.17) is 10.5 Å². The Hall–Kier alpha value is -3.48. The van der Waals surface area contributed by atoms with E-state index in [1.54, 1.807) is 24.3 Å². The number of carbonyl (C=O) groups is 1. The first-order valence-electron chi connectivity index (χ1n) is 8.12. The largest absolute Gasteiger partial charge is 0.483 e. The molecule has 0 saturated heterocycles. The van der Waals surface area contributed by atoms with Crippen LogP contribution in [0.3, 0.4) is 0 Å². The summed E-state index contributed by atoms with van der Waals surface area (Å²) in [6, 6.07) is 16.5. The number of ketones is 1. The van der Waals surface area contributed by atoms with Crippen LogP contribution < -0.4 is 15.8 Å². The third-order valence-corrected chi connectivity index (χ3v) is 3.62. The van der Waals surface area contributed by atoms with Crippen molar-refractivity contribution < 1.29 is 9.53 Å². The van der Waals surface area contributed by atoms with Gasteiger partial charge in [-0.2, -0.15) is 15.0 Å². The third-order valence-electron chi connectivity index (χ3n) is 3.62. The zero-order valence-electron chi connectivity index (χ0n) is 14.5. The van der Waals surface area contributed by atoms with Crippen molar-refractivity contribution in [3.8, 4) is 5.75 Å². The van der Waals surface area contributed by atoms with E-state index < -0.39 is 6.10 Å². The van der Waals surface area contributed by atoms with Crippen molar-refractivity contribution in [2.75, 3.05) is 11.1 Å². The summed E-state index contributed by atoms with van der Waals surface area (Å²) in [7, 11) is 0. The minimum Gasteiger partial charge on any atom is -0.483 e. The summed E-state index contributed by atoms with van der Waals surface area (Å²) in [4.78, 5) is 24.1. The summed E-state index contributed by atoms with van der Waals surface area (Å²) in [5, 5.41) is 3.09. The molecule has 0 bridgehead atoms. The third kappa shape index (κ3) is 4.32. The zero-order chi connectivity index (χ0) is 18.5. The number of anilines is 3. The summed E-state index contributed by atoms with van der Waals surface area (Å²) in [5.41, 5.74) is 7.23. The molecule has 1 aromatic heterocycles. The van der Waals surface area contributed by atoms with Gasteiger partial charge >= 0.3 is 0 Å². The number of rotatable bonds is 6. The number of ether oxygens (including phenoxy) is 1. The Labute approximate surface area is 151 Å². The Morgan fingerprint density at radius 3 is 2.58 bits per heavy atom. The molecule has 0 spiro atoms. The lowest BCUT2D eigenvalue weighted by molar-refractivity contribution is 0.101. The topological polar surface area (TPSA) is 103 Å². The van der Waals surface area contributed by atoms with Crippen LogP contribution in [0.4, 0.5) is 17.6 Å². The molecule has 0 aliphatic carbocycles. The van der Waals surface area contributed by atoms with E-state index in [1.807, 2.05) is 37.3 Å². The van der Waals surface area contributed by atoms with Gasteiger partial charge in [0.05, 0.1) is 0 Å². The van der Waals surface area contributed by atoms with Gasteiger partial charge in [-0.25, -0.2) is 0 Å². The van der Waals surface area contributed by atoms with Crippen LogP contribution in [0.1, 0.15) is 36.1 Å². The monoisotopic (exact) mass is 349 g/mol. The average Bonchev–Trinajstić information content (AvgIpc) is 2.62. The zero-order valence-corrected chi connectivity index (χ0v) is 14.5. The van der Waals surface area contributed by atoms with Gasteiger partial charge in [0.1, 0.15) is 5.75 Å². The Morgan fingerprint density at radius 2 is 1.85 bits per heavy atom. The minimum absolute atomic E-state index is 0.0261. The summed E-state index contributed by atoms with van der Waals surface area (Å²) < 4.78 is 5.86. The first-order chi connectivity index (χ1) is 12.5. The number of carbonyl (C=O) groups excluding carboxylic acids is 1. The predicted octanol–water partition coefficient (Wildman–Crippen LogP) is 3.54. The number of benzene rings is 2. The van der Waals surface area contributed by atoms with Crippen molar-refractivity contribution in [3.05, 3.63) is 66.0 Å². The molecule has 7 heteroatoms. The molecule has 2 aromatic carbocycles. The fourth-order valence-corrected chi connectivity index (χ4v) is 2.34. The van der Waals surface area contributed by atoms with Crippen molar-refractivity contribution in [2.45, 2.75) is 20.0 Å². The van der Waals surface area contributed by atoms with Gasteiger partial charge < -0.3 is 15.8 Å². The van der Waals surface area contributed by atoms with E-state index in [0.717, 1.165) is 5.69 Å². The van der Waals surface area contributed by atoms with Gasteiger partial charge in [0.15, 0.2) is 17.7 Å². The Balaban J connectivity index is 1.80. The van der Waals surface area contributed by atoms with Crippen molar-refractivity contribution in [1.82, 2.24) is 15.0 Å². The van der Waals surface area contributed by atoms with E-state index in [2.05, 4.69) is 20.3 Å². The second kappa shape index (κ2) is 7.60. The molecule has 3 aromatic rings. The highest BCUT2D eigenvalue weighted by Gasteiger charge is 2.14. The second-order valence-corrected chi connectivity index (χ2v) is 5.71. The number of nitrogens with one attached hydrogen (secondary N) is 1. The second-order valence-electron chi connectivity index (χ2n) is 5.71. The summed E-state index contributed by atoms with van der Waals surface area (Å²) in [5.74, 6) is 1.36. The number of aromatic nitrogens is 3. The lowest BCUT2D eigenvalue weighted by atomic mass is 10.1. The smallest absolute Gasteiger partial charge is 0.232 e. The number of para-hydroxylation sites is 1. The van der Waals surface area contributed by atoms with E-state index in [-0.39, 0.29) is 11.7 Å². The number of hydrogen-bond donors (Lipinski definition) is 2. The quantitative estimate of drug-likeness (QED) is 0.656. The van der Waals surface area contributed by atoms with Gasteiger partial charge in [0.25, 0.3) is 0 Å². The number of Topliss-reactive ketones (excluding diaryl/α,β-unsaturated/α-hetero) is 1. The van der Waals surface area contributed by atoms with Gasteiger partial charge in [-0.15, -0.1) is 0 Å². The maximum Gasteiger partial charge on any atom is 0.232 e. The fourth-order valence-electron chi connectivity index (χ4n) is 2.34. The van der Waals surface area contributed by atoms with Gasteiger partial charge in [-0.3, -0.25) is 4.79 Å².